The van der Waals surface area contributed by atoms with Crippen LogP contribution in [0.25, 0.3) is 0 Å². The van der Waals surface area contributed by atoms with Gasteiger partial charge in [0.05, 0.1) is 0 Å². The molecule has 0 aromatic heterocycles. The average molecular weight is 341 g/mol. The number of ketones is 1. The molecule has 0 amide bonds. The number of ether oxygens (including phenoxy) is 1. The van der Waals surface area contributed by atoms with Crippen LogP contribution in [-0.4, -0.2) is 41.6 Å². The maximum Gasteiger partial charge on any atom is 0.162 e. The molecule has 1 atom stereocenters. The predicted molar refractivity (Wildman–Crippen MR) is 100.0 cm³/mol. The van der Waals surface area contributed by atoms with Crippen molar-refractivity contribution in [2.75, 3.05) is 19.7 Å². The number of aliphatic hydroxyl groups is 1. The third kappa shape index (κ3) is 6.33. The molecule has 0 saturated carbocycles. The van der Waals surface area contributed by atoms with Gasteiger partial charge in [-0.3, -0.25) is 9.69 Å². The lowest BCUT2D eigenvalue weighted by Gasteiger charge is -2.23. The molecule has 4 nitrogen and oxygen atoms in total. The molecular weight excluding hydrogens is 314 g/mol. The number of nitrogens with zero attached hydrogens (tertiary/aromatic N) is 1. The number of carbonyl (C=O) groups is 1. The number of hydrogen-bond donors (Lipinski definition) is 1. The molecular formula is C21H27NO3. The van der Waals surface area contributed by atoms with E-state index in [1.54, 1.807) is 24.3 Å². The highest BCUT2D eigenvalue weighted by Crippen LogP contribution is 2.14. The van der Waals surface area contributed by atoms with Gasteiger partial charge < -0.3 is 9.84 Å². The first-order chi connectivity index (χ1) is 12.1. The van der Waals surface area contributed by atoms with Gasteiger partial charge in [-0.05, 0) is 36.4 Å². The second-order valence-corrected chi connectivity index (χ2v) is 6.08. The Labute approximate surface area is 150 Å². The van der Waals surface area contributed by atoms with Gasteiger partial charge in [0.15, 0.2) is 5.78 Å². The summed E-state index contributed by atoms with van der Waals surface area (Å²) >= 11 is 0. The number of benzene rings is 2. The topological polar surface area (TPSA) is 49.8 Å². The van der Waals surface area contributed by atoms with Crippen molar-refractivity contribution < 1.29 is 14.6 Å². The molecule has 0 aliphatic heterocycles. The monoisotopic (exact) mass is 341 g/mol. The fourth-order valence-corrected chi connectivity index (χ4v) is 2.63. The quantitative estimate of drug-likeness (QED) is 0.672. The predicted octanol–water partition coefficient (Wildman–Crippen LogP) is 3.54. The van der Waals surface area contributed by atoms with E-state index in [9.17, 15) is 9.90 Å². The zero-order chi connectivity index (χ0) is 18.1. The van der Waals surface area contributed by atoms with E-state index < -0.39 is 6.10 Å². The SMILES string of the molecule is CCC(=O)c1ccc(OCC(O)CN(CC)Cc2ccccc2)cc1. The van der Waals surface area contributed by atoms with Crippen molar-refractivity contribution in [2.24, 2.45) is 0 Å². The highest BCUT2D eigenvalue weighted by Gasteiger charge is 2.12. The summed E-state index contributed by atoms with van der Waals surface area (Å²) in [6.45, 7) is 6.38. The van der Waals surface area contributed by atoms with E-state index >= 15 is 0 Å². The minimum absolute atomic E-state index is 0.117. The summed E-state index contributed by atoms with van der Waals surface area (Å²) in [5.41, 5.74) is 1.92. The normalized spacial score (nSPS) is 12.2. The summed E-state index contributed by atoms with van der Waals surface area (Å²) in [5.74, 6) is 0.781. The minimum Gasteiger partial charge on any atom is -0.491 e. The van der Waals surface area contributed by atoms with Gasteiger partial charge in [0, 0.05) is 25.1 Å². The van der Waals surface area contributed by atoms with Gasteiger partial charge >= 0.3 is 0 Å². The van der Waals surface area contributed by atoms with E-state index in [0.717, 1.165) is 13.1 Å². The fourth-order valence-electron chi connectivity index (χ4n) is 2.63. The second-order valence-electron chi connectivity index (χ2n) is 6.08. The molecule has 0 heterocycles. The van der Waals surface area contributed by atoms with Crippen molar-refractivity contribution in [2.45, 2.75) is 32.9 Å². The molecule has 0 saturated heterocycles. The van der Waals surface area contributed by atoms with Crippen LogP contribution in [0.5, 0.6) is 5.75 Å². The maximum atomic E-state index is 11.6. The van der Waals surface area contributed by atoms with E-state index in [4.69, 9.17) is 4.74 Å². The van der Waals surface area contributed by atoms with Crippen LogP contribution in [0.15, 0.2) is 54.6 Å². The summed E-state index contributed by atoms with van der Waals surface area (Å²) in [6, 6.07) is 17.3. The smallest absolute Gasteiger partial charge is 0.162 e. The van der Waals surface area contributed by atoms with Crippen molar-refractivity contribution >= 4 is 5.78 Å². The molecule has 2 aromatic carbocycles. The molecule has 0 radical (unpaired) electrons. The van der Waals surface area contributed by atoms with Gasteiger partial charge in [-0.2, -0.15) is 0 Å². The fraction of sp³-hybridized carbons (Fsp3) is 0.381. The largest absolute Gasteiger partial charge is 0.491 e. The van der Waals surface area contributed by atoms with Gasteiger partial charge in [-0.1, -0.05) is 44.2 Å². The van der Waals surface area contributed by atoms with Crippen molar-refractivity contribution in [1.82, 2.24) is 4.90 Å². The molecule has 25 heavy (non-hydrogen) atoms. The lowest BCUT2D eigenvalue weighted by Crippen LogP contribution is -2.35. The highest BCUT2D eigenvalue weighted by atomic mass is 16.5. The van der Waals surface area contributed by atoms with E-state index in [-0.39, 0.29) is 12.4 Å². The molecule has 0 fully saturated rings. The number of hydrogen-bond acceptors (Lipinski definition) is 4. The van der Waals surface area contributed by atoms with Crippen molar-refractivity contribution in [3.05, 3.63) is 65.7 Å². The number of aliphatic hydroxyl groups excluding tert-OH is 1. The van der Waals surface area contributed by atoms with Crippen molar-refractivity contribution in [1.29, 1.82) is 0 Å². The van der Waals surface area contributed by atoms with Gasteiger partial charge in [0.2, 0.25) is 0 Å². The zero-order valence-corrected chi connectivity index (χ0v) is 15.0. The molecule has 0 spiro atoms. The molecule has 2 aromatic rings. The zero-order valence-electron chi connectivity index (χ0n) is 15.0. The summed E-state index contributed by atoms with van der Waals surface area (Å²) in [6.07, 6.45) is -0.0756. The van der Waals surface area contributed by atoms with Crippen molar-refractivity contribution in [3.8, 4) is 5.75 Å². The molecule has 0 aliphatic carbocycles. The Morgan fingerprint density at radius 3 is 2.36 bits per heavy atom. The van der Waals surface area contributed by atoms with Crippen LogP contribution in [0.1, 0.15) is 36.2 Å². The molecule has 0 aliphatic rings. The minimum atomic E-state index is -0.569. The van der Waals surface area contributed by atoms with E-state index in [0.29, 0.717) is 24.3 Å². The molecule has 1 N–H and O–H groups in total. The Kier molecular flexibility index (Phi) is 7.64. The first-order valence-electron chi connectivity index (χ1n) is 8.82. The van der Waals surface area contributed by atoms with Crippen LogP contribution in [0.4, 0.5) is 0 Å². The van der Waals surface area contributed by atoms with Crippen LogP contribution in [0.3, 0.4) is 0 Å². The third-order valence-corrected chi connectivity index (χ3v) is 4.10. The van der Waals surface area contributed by atoms with E-state index in [2.05, 4.69) is 24.0 Å². The first-order valence-corrected chi connectivity index (χ1v) is 8.82. The Morgan fingerprint density at radius 2 is 1.76 bits per heavy atom. The molecule has 2 rings (SSSR count). The lowest BCUT2D eigenvalue weighted by atomic mass is 10.1. The summed E-state index contributed by atoms with van der Waals surface area (Å²) in [4.78, 5) is 13.8. The number of carbonyl (C=O) groups excluding carboxylic acids is 1. The number of likely N-dealkylation sites (N-methyl/N-ethyl adjacent to an activating group) is 1. The number of Topliss-reactive ketones (excluding diaryl/α,β-unsaturated/α-hetero) is 1. The molecule has 134 valence electrons. The second kappa shape index (κ2) is 9.97. The first kappa shape index (κ1) is 19.2. The summed E-state index contributed by atoms with van der Waals surface area (Å²) in [7, 11) is 0. The van der Waals surface area contributed by atoms with Crippen LogP contribution < -0.4 is 4.74 Å². The van der Waals surface area contributed by atoms with E-state index in [1.807, 2.05) is 25.1 Å². The number of rotatable bonds is 10. The van der Waals surface area contributed by atoms with E-state index in [1.165, 1.54) is 5.56 Å². The van der Waals surface area contributed by atoms with Crippen LogP contribution in [0, 0.1) is 0 Å². The van der Waals surface area contributed by atoms with Crippen LogP contribution >= 0.6 is 0 Å². The summed E-state index contributed by atoms with van der Waals surface area (Å²) < 4.78 is 5.64. The Hall–Kier alpha value is -2.17. The van der Waals surface area contributed by atoms with Crippen molar-refractivity contribution in [3.63, 3.8) is 0 Å². The Morgan fingerprint density at radius 1 is 1.08 bits per heavy atom. The average Bonchev–Trinajstić information content (AvgIpc) is 2.66. The Balaban J connectivity index is 1.80. The standard InChI is InChI=1S/C21H27NO3/c1-3-21(24)18-10-12-20(13-11-18)25-16-19(23)15-22(4-2)14-17-8-6-5-7-9-17/h5-13,19,23H,3-4,14-16H2,1-2H3. The third-order valence-electron chi connectivity index (χ3n) is 4.10. The summed E-state index contributed by atoms with van der Waals surface area (Å²) in [5, 5.41) is 10.3. The lowest BCUT2D eigenvalue weighted by molar-refractivity contribution is 0.0674. The molecule has 1 unspecified atom stereocenters. The van der Waals surface area contributed by atoms with Gasteiger partial charge in [0.1, 0.15) is 18.5 Å². The molecule has 4 heteroatoms. The van der Waals surface area contributed by atoms with Gasteiger partial charge in [-0.25, -0.2) is 0 Å². The maximum absolute atomic E-state index is 11.6. The van der Waals surface area contributed by atoms with Crippen LogP contribution in [0.2, 0.25) is 0 Å². The van der Waals surface area contributed by atoms with Gasteiger partial charge in [0.25, 0.3) is 0 Å². The highest BCUT2D eigenvalue weighted by molar-refractivity contribution is 5.95. The Bertz CT molecular complexity index is 640. The van der Waals surface area contributed by atoms with Gasteiger partial charge in [-0.15, -0.1) is 0 Å². The molecule has 0 bridgehead atoms. The van der Waals surface area contributed by atoms with Crippen LogP contribution in [-0.2, 0) is 6.54 Å².